The van der Waals surface area contributed by atoms with Crippen molar-refractivity contribution in [2.45, 2.75) is 38.0 Å². The first-order valence-electron chi connectivity index (χ1n) is 5.99. The van der Waals surface area contributed by atoms with Crippen molar-refractivity contribution in [3.05, 3.63) is 27.5 Å². The van der Waals surface area contributed by atoms with Crippen molar-refractivity contribution in [3.63, 3.8) is 0 Å². The zero-order valence-electron chi connectivity index (χ0n) is 9.38. The highest BCUT2D eigenvalue weighted by molar-refractivity contribution is 9.10. The van der Waals surface area contributed by atoms with Gasteiger partial charge in [0.25, 0.3) is 0 Å². The van der Waals surface area contributed by atoms with Gasteiger partial charge in [0.15, 0.2) is 11.5 Å². The fraction of sp³-hybridized carbons (Fsp3) is 0.462. The molecule has 1 aromatic carbocycles. The highest BCUT2D eigenvalue weighted by Crippen LogP contribution is 2.36. The molecule has 1 saturated carbocycles. The first kappa shape index (κ1) is 11.5. The summed E-state index contributed by atoms with van der Waals surface area (Å²) in [7, 11) is 0. The predicted octanol–water partition coefficient (Wildman–Crippen LogP) is 5.29. The van der Waals surface area contributed by atoms with E-state index in [0.717, 1.165) is 21.5 Å². The number of nitrogens with zero attached hydrogens (tertiary/aromatic N) is 1. The zero-order chi connectivity index (χ0) is 11.8. The summed E-state index contributed by atoms with van der Waals surface area (Å²) in [6.45, 7) is 0. The van der Waals surface area contributed by atoms with E-state index in [2.05, 4.69) is 20.9 Å². The highest BCUT2D eigenvalue weighted by Gasteiger charge is 2.21. The third kappa shape index (κ3) is 2.23. The summed E-state index contributed by atoms with van der Waals surface area (Å²) >= 11 is 9.57. The van der Waals surface area contributed by atoms with Crippen LogP contribution < -0.4 is 0 Å². The largest absolute Gasteiger partial charge is 0.439 e. The quantitative estimate of drug-likeness (QED) is 0.714. The molecular weight excluding hydrogens is 302 g/mol. The van der Waals surface area contributed by atoms with Crippen molar-refractivity contribution in [2.24, 2.45) is 0 Å². The lowest BCUT2D eigenvalue weighted by Crippen LogP contribution is -2.04. The predicted molar refractivity (Wildman–Crippen MR) is 72.5 cm³/mol. The number of benzene rings is 1. The molecule has 0 N–H and O–H groups in total. The maximum absolute atomic E-state index is 6.15. The van der Waals surface area contributed by atoms with Crippen molar-refractivity contribution in [2.75, 3.05) is 0 Å². The van der Waals surface area contributed by atoms with Crippen LogP contribution in [-0.2, 0) is 0 Å². The van der Waals surface area contributed by atoms with E-state index in [4.69, 9.17) is 16.0 Å². The maximum Gasteiger partial charge on any atom is 0.198 e. The van der Waals surface area contributed by atoms with Gasteiger partial charge in [-0.15, -0.1) is 0 Å². The molecule has 0 amide bonds. The van der Waals surface area contributed by atoms with Crippen LogP contribution >= 0.6 is 27.5 Å². The Morgan fingerprint density at radius 3 is 2.76 bits per heavy atom. The standard InChI is InChI=1S/C13H13BrClNO/c14-9-6-10(15)12-11(7-9)16-13(17-12)8-4-2-1-3-5-8/h6-8H,1-5H2. The van der Waals surface area contributed by atoms with Crippen LogP contribution in [0.15, 0.2) is 21.0 Å². The van der Waals surface area contributed by atoms with Gasteiger partial charge in [-0.2, -0.15) is 0 Å². The van der Waals surface area contributed by atoms with Crippen LogP contribution in [0.4, 0.5) is 0 Å². The molecule has 3 rings (SSSR count). The normalized spacial score (nSPS) is 17.8. The SMILES string of the molecule is Clc1cc(Br)cc2nc(C3CCCCC3)oc12. The Kier molecular flexibility index (Phi) is 3.14. The van der Waals surface area contributed by atoms with Crippen LogP contribution in [0.2, 0.25) is 5.02 Å². The van der Waals surface area contributed by atoms with Gasteiger partial charge in [0.1, 0.15) is 5.52 Å². The van der Waals surface area contributed by atoms with E-state index in [9.17, 15) is 0 Å². The molecule has 1 aromatic heterocycles. The molecule has 2 nitrogen and oxygen atoms in total. The first-order chi connectivity index (χ1) is 8.24. The lowest BCUT2D eigenvalue weighted by molar-refractivity contribution is 0.373. The van der Waals surface area contributed by atoms with E-state index in [1.807, 2.05) is 12.1 Å². The van der Waals surface area contributed by atoms with Crippen LogP contribution in [0.1, 0.15) is 43.9 Å². The van der Waals surface area contributed by atoms with E-state index in [-0.39, 0.29) is 0 Å². The van der Waals surface area contributed by atoms with Gasteiger partial charge in [-0.1, -0.05) is 46.8 Å². The number of aromatic nitrogens is 1. The molecule has 0 bridgehead atoms. The lowest BCUT2D eigenvalue weighted by Gasteiger charge is -2.17. The van der Waals surface area contributed by atoms with Gasteiger partial charge in [-0.3, -0.25) is 0 Å². The minimum atomic E-state index is 0.478. The number of oxazole rings is 1. The third-order valence-electron chi connectivity index (χ3n) is 3.38. The van der Waals surface area contributed by atoms with Crippen LogP contribution in [0.25, 0.3) is 11.1 Å². The Morgan fingerprint density at radius 2 is 2.00 bits per heavy atom. The summed E-state index contributed by atoms with van der Waals surface area (Å²) in [6, 6.07) is 3.80. The van der Waals surface area contributed by atoms with Gasteiger partial charge in [0.2, 0.25) is 0 Å². The fourth-order valence-corrected chi connectivity index (χ4v) is 3.33. The molecule has 0 radical (unpaired) electrons. The number of hydrogen-bond donors (Lipinski definition) is 0. The minimum absolute atomic E-state index is 0.478. The van der Waals surface area contributed by atoms with Crippen LogP contribution in [-0.4, -0.2) is 4.98 Å². The Balaban J connectivity index is 2.03. The van der Waals surface area contributed by atoms with Gasteiger partial charge in [0, 0.05) is 10.4 Å². The van der Waals surface area contributed by atoms with Crippen molar-refractivity contribution < 1.29 is 4.42 Å². The Bertz CT molecular complexity index is 546. The zero-order valence-corrected chi connectivity index (χ0v) is 11.7. The number of hydrogen-bond acceptors (Lipinski definition) is 2. The Labute approximate surface area is 113 Å². The van der Waals surface area contributed by atoms with Crippen LogP contribution in [0, 0.1) is 0 Å². The van der Waals surface area contributed by atoms with Gasteiger partial charge >= 0.3 is 0 Å². The summed E-state index contributed by atoms with van der Waals surface area (Å²) in [6.07, 6.45) is 6.27. The number of rotatable bonds is 1. The molecule has 1 aliphatic carbocycles. The molecule has 0 atom stereocenters. The second kappa shape index (κ2) is 4.62. The monoisotopic (exact) mass is 313 g/mol. The summed E-state index contributed by atoms with van der Waals surface area (Å²) < 4.78 is 6.77. The number of halogens is 2. The van der Waals surface area contributed by atoms with Crippen molar-refractivity contribution in [3.8, 4) is 0 Å². The Morgan fingerprint density at radius 1 is 1.24 bits per heavy atom. The molecule has 90 valence electrons. The van der Waals surface area contributed by atoms with Crippen molar-refractivity contribution in [1.29, 1.82) is 0 Å². The lowest BCUT2D eigenvalue weighted by atomic mass is 9.89. The van der Waals surface area contributed by atoms with E-state index >= 15 is 0 Å². The average Bonchev–Trinajstić information content (AvgIpc) is 2.74. The van der Waals surface area contributed by atoms with Gasteiger partial charge in [0.05, 0.1) is 5.02 Å². The van der Waals surface area contributed by atoms with Crippen LogP contribution in [0.3, 0.4) is 0 Å². The smallest absolute Gasteiger partial charge is 0.198 e. The highest BCUT2D eigenvalue weighted by atomic mass is 79.9. The second-order valence-electron chi connectivity index (χ2n) is 4.62. The molecule has 0 saturated heterocycles. The third-order valence-corrected chi connectivity index (χ3v) is 4.12. The van der Waals surface area contributed by atoms with E-state index in [0.29, 0.717) is 10.9 Å². The fourth-order valence-electron chi connectivity index (χ4n) is 2.50. The first-order valence-corrected chi connectivity index (χ1v) is 7.16. The molecule has 0 unspecified atom stereocenters. The van der Waals surface area contributed by atoms with Gasteiger partial charge < -0.3 is 4.42 Å². The summed E-state index contributed by atoms with van der Waals surface area (Å²) in [5, 5.41) is 0.629. The van der Waals surface area contributed by atoms with Crippen LogP contribution in [0.5, 0.6) is 0 Å². The van der Waals surface area contributed by atoms with E-state index in [1.54, 1.807) is 0 Å². The molecule has 0 spiro atoms. The summed E-state index contributed by atoms with van der Waals surface area (Å²) in [4.78, 5) is 4.58. The molecule has 2 aromatic rings. The van der Waals surface area contributed by atoms with Crippen molar-refractivity contribution in [1.82, 2.24) is 4.98 Å². The average molecular weight is 315 g/mol. The van der Waals surface area contributed by atoms with Gasteiger partial charge in [-0.05, 0) is 25.0 Å². The maximum atomic E-state index is 6.15. The Hall–Kier alpha value is -0.540. The molecule has 4 heteroatoms. The molecule has 1 aliphatic rings. The molecule has 17 heavy (non-hydrogen) atoms. The molecule has 0 aliphatic heterocycles. The molecule has 1 fully saturated rings. The van der Waals surface area contributed by atoms with Crippen molar-refractivity contribution >= 4 is 38.6 Å². The van der Waals surface area contributed by atoms with E-state index < -0.39 is 0 Å². The summed E-state index contributed by atoms with van der Waals surface area (Å²) in [5.41, 5.74) is 1.57. The number of fused-ring (bicyclic) bond motifs is 1. The molecular formula is C13H13BrClNO. The van der Waals surface area contributed by atoms with E-state index in [1.165, 1.54) is 32.1 Å². The summed E-state index contributed by atoms with van der Waals surface area (Å²) in [5.74, 6) is 1.34. The minimum Gasteiger partial charge on any atom is -0.439 e. The second-order valence-corrected chi connectivity index (χ2v) is 5.95. The topological polar surface area (TPSA) is 26.0 Å². The molecule has 1 heterocycles. The van der Waals surface area contributed by atoms with Gasteiger partial charge in [-0.25, -0.2) is 4.98 Å².